The van der Waals surface area contributed by atoms with Crippen molar-refractivity contribution in [2.24, 2.45) is 5.92 Å². The number of nitrogens with one attached hydrogen (secondary N) is 1. The standard InChI is InChI=1S/C20H20Cl2N6O/c1-11(2)9-28-10-13(6-24-28)19-20-16(26-27-19)4-5-17(25-20)29-12(3)18-14(21)7-23-8-15(18)22/h4-8,10-12H,9H2,1-3H3,(H,26,27)/t12-/m1/s1. The Morgan fingerprint density at radius 2 is 1.86 bits per heavy atom. The smallest absolute Gasteiger partial charge is 0.214 e. The molecule has 0 aliphatic carbocycles. The van der Waals surface area contributed by atoms with Crippen molar-refractivity contribution in [3.8, 4) is 17.1 Å². The van der Waals surface area contributed by atoms with Crippen molar-refractivity contribution in [1.82, 2.24) is 29.9 Å². The van der Waals surface area contributed by atoms with E-state index in [0.29, 0.717) is 32.9 Å². The largest absolute Gasteiger partial charge is 0.470 e. The normalized spacial score (nSPS) is 12.6. The minimum Gasteiger partial charge on any atom is -0.470 e. The number of rotatable bonds is 6. The van der Waals surface area contributed by atoms with Gasteiger partial charge in [0.05, 0.1) is 21.8 Å². The van der Waals surface area contributed by atoms with E-state index in [2.05, 4.69) is 39.1 Å². The highest BCUT2D eigenvalue weighted by molar-refractivity contribution is 6.35. The van der Waals surface area contributed by atoms with Gasteiger partial charge in [0, 0.05) is 42.3 Å². The second-order valence-electron chi connectivity index (χ2n) is 7.24. The molecule has 0 aliphatic heterocycles. The molecule has 4 rings (SSSR count). The van der Waals surface area contributed by atoms with Crippen molar-refractivity contribution in [2.75, 3.05) is 0 Å². The third-order valence-corrected chi connectivity index (χ3v) is 5.04. The van der Waals surface area contributed by atoms with Crippen LogP contribution in [0.2, 0.25) is 10.0 Å². The number of ether oxygens (including phenoxy) is 1. The van der Waals surface area contributed by atoms with E-state index in [0.717, 1.165) is 23.3 Å². The molecule has 1 N–H and O–H groups in total. The zero-order chi connectivity index (χ0) is 20.5. The van der Waals surface area contributed by atoms with Gasteiger partial charge in [0.25, 0.3) is 0 Å². The summed E-state index contributed by atoms with van der Waals surface area (Å²) in [5.74, 6) is 0.955. The molecule has 4 heterocycles. The lowest BCUT2D eigenvalue weighted by molar-refractivity contribution is 0.218. The molecule has 0 saturated carbocycles. The number of hydrogen-bond donors (Lipinski definition) is 1. The molecule has 0 unspecified atom stereocenters. The molecule has 0 saturated heterocycles. The van der Waals surface area contributed by atoms with E-state index in [1.807, 2.05) is 23.9 Å². The van der Waals surface area contributed by atoms with Crippen molar-refractivity contribution < 1.29 is 4.74 Å². The van der Waals surface area contributed by atoms with Gasteiger partial charge in [-0.15, -0.1) is 0 Å². The van der Waals surface area contributed by atoms with Gasteiger partial charge >= 0.3 is 0 Å². The topological polar surface area (TPSA) is 81.5 Å². The molecule has 0 radical (unpaired) electrons. The van der Waals surface area contributed by atoms with E-state index in [-0.39, 0.29) is 0 Å². The lowest BCUT2D eigenvalue weighted by Crippen LogP contribution is -2.06. The molecule has 4 aromatic heterocycles. The fourth-order valence-corrected chi connectivity index (χ4v) is 3.83. The van der Waals surface area contributed by atoms with Crippen molar-refractivity contribution >= 4 is 34.2 Å². The Bertz CT molecular complexity index is 1130. The lowest BCUT2D eigenvalue weighted by Gasteiger charge is -2.16. The van der Waals surface area contributed by atoms with Crippen LogP contribution in [0.3, 0.4) is 0 Å². The predicted molar refractivity (Wildman–Crippen MR) is 113 cm³/mol. The molecule has 29 heavy (non-hydrogen) atoms. The van der Waals surface area contributed by atoms with Crippen molar-refractivity contribution in [2.45, 2.75) is 33.4 Å². The molecular formula is C20H20Cl2N6O. The number of halogens is 2. The Morgan fingerprint density at radius 3 is 2.59 bits per heavy atom. The van der Waals surface area contributed by atoms with E-state index < -0.39 is 6.10 Å². The van der Waals surface area contributed by atoms with Gasteiger partial charge in [-0.05, 0) is 18.9 Å². The van der Waals surface area contributed by atoms with Crippen LogP contribution in [0.1, 0.15) is 32.4 Å². The summed E-state index contributed by atoms with van der Waals surface area (Å²) < 4.78 is 7.93. The number of aromatic nitrogens is 6. The predicted octanol–water partition coefficient (Wildman–Crippen LogP) is 5.32. The minimum absolute atomic E-state index is 0.396. The maximum atomic E-state index is 6.24. The van der Waals surface area contributed by atoms with Crippen LogP contribution in [0.5, 0.6) is 5.88 Å². The molecule has 1 atom stereocenters. The fraction of sp³-hybridized carbons (Fsp3) is 0.300. The van der Waals surface area contributed by atoms with Crippen LogP contribution in [0.15, 0.2) is 36.9 Å². The quantitative estimate of drug-likeness (QED) is 0.447. The zero-order valence-electron chi connectivity index (χ0n) is 16.2. The molecule has 9 heteroatoms. The first-order chi connectivity index (χ1) is 13.9. The first-order valence-electron chi connectivity index (χ1n) is 9.26. The number of aromatic amines is 1. The van der Waals surface area contributed by atoms with Crippen LogP contribution < -0.4 is 4.74 Å². The highest BCUT2D eigenvalue weighted by Crippen LogP contribution is 2.33. The Balaban J connectivity index is 1.64. The number of pyridine rings is 2. The van der Waals surface area contributed by atoms with Crippen LogP contribution in [-0.2, 0) is 6.54 Å². The van der Waals surface area contributed by atoms with E-state index in [1.165, 1.54) is 0 Å². The van der Waals surface area contributed by atoms with Crippen LogP contribution in [0.4, 0.5) is 0 Å². The SMILES string of the molecule is CC(C)Cn1cc(-c2n[nH]c3ccc(O[C@H](C)c4c(Cl)cncc4Cl)nc23)cn1. The minimum atomic E-state index is -0.396. The number of nitrogens with zero attached hydrogens (tertiary/aromatic N) is 5. The second kappa shape index (κ2) is 8.00. The van der Waals surface area contributed by atoms with Crippen molar-refractivity contribution in [1.29, 1.82) is 0 Å². The first-order valence-corrected chi connectivity index (χ1v) is 10.0. The van der Waals surface area contributed by atoms with Crippen molar-refractivity contribution in [3.05, 3.63) is 52.5 Å². The van der Waals surface area contributed by atoms with Gasteiger partial charge in [-0.25, -0.2) is 4.98 Å². The third kappa shape index (κ3) is 4.06. The van der Waals surface area contributed by atoms with Gasteiger partial charge < -0.3 is 4.74 Å². The second-order valence-corrected chi connectivity index (χ2v) is 8.05. The average Bonchev–Trinajstić information content (AvgIpc) is 3.27. The molecule has 0 aromatic carbocycles. The molecule has 0 spiro atoms. The number of H-pyrrole nitrogens is 1. The highest BCUT2D eigenvalue weighted by atomic mass is 35.5. The highest BCUT2D eigenvalue weighted by Gasteiger charge is 2.18. The summed E-state index contributed by atoms with van der Waals surface area (Å²) in [6, 6.07) is 3.67. The maximum absolute atomic E-state index is 6.24. The van der Waals surface area contributed by atoms with Crippen LogP contribution in [0, 0.1) is 5.92 Å². The average molecular weight is 431 g/mol. The molecule has 0 amide bonds. The van der Waals surface area contributed by atoms with Gasteiger partial charge in [-0.2, -0.15) is 10.2 Å². The van der Waals surface area contributed by atoms with E-state index in [9.17, 15) is 0 Å². The summed E-state index contributed by atoms with van der Waals surface area (Å²) in [7, 11) is 0. The Kier molecular flexibility index (Phi) is 5.43. The number of fused-ring (bicyclic) bond motifs is 1. The molecule has 4 aromatic rings. The Morgan fingerprint density at radius 1 is 1.10 bits per heavy atom. The van der Waals surface area contributed by atoms with Gasteiger partial charge in [0.15, 0.2) is 0 Å². The summed E-state index contributed by atoms with van der Waals surface area (Å²) in [5.41, 5.74) is 3.83. The zero-order valence-corrected chi connectivity index (χ0v) is 17.7. The third-order valence-electron chi connectivity index (χ3n) is 4.44. The Labute approximate surface area is 178 Å². The summed E-state index contributed by atoms with van der Waals surface area (Å²) >= 11 is 12.5. The molecule has 0 bridgehead atoms. The van der Waals surface area contributed by atoms with Crippen LogP contribution >= 0.6 is 23.2 Å². The maximum Gasteiger partial charge on any atom is 0.214 e. The van der Waals surface area contributed by atoms with E-state index in [1.54, 1.807) is 24.7 Å². The molecule has 0 aliphatic rings. The van der Waals surface area contributed by atoms with Crippen LogP contribution in [0.25, 0.3) is 22.3 Å². The van der Waals surface area contributed by atoms with E-state index >= 15 is 0 Å². The van der Waals surface area contributed by atoms with Crippen LogP contribution in [-0.4, -0.2) is 29.9 Å². The summed E-state index contributed by atoms with van der Waals surface area (Å²) in [6.45, 7) is 7.01. The lowest BCUT2D eigenvalue weighted by atomic mass is 10.2. The monoisotopic (exact) mass is 430 g/mol. The molecule has 7 nitrogen and oxygen atoms in total. The summed E-state index contributed by atoms with van der Waals surface area (Å²) in [6.07, 6.45) is 6.47. The van der Waals surface area contributed by atoms with Crippen molar-refractivity contribution in [3.63, 3.8) is 0 Å². The molecule has 150 valence electrons. The van der Waals surface area contributed by atoms with E-state index in [4.69, 9.17) is 27.9 Å². The van der Waals surface area contributed by atoms with Gasteiger partial charge in [-0.3, -0.25) is 14.8 Å². The van der Waals surface area contributed by atoms with Gasteiger partial charge in [0.1, 0.15) is 17.3 Å². The Hall–Kier alpha value is -2.64. The fourth-order valence-electron chi connectivity index (χ4n) is 3.16. The molecule has 0 fully saturated rings. The van der Waals surface area contributed by atoms with Gasteiger partial charge in [-0.1, -0.05) is 37.0 Å². The summed E-state index contributed by atoms with van der Waals surface area (Å²) in [5, 5.41) is 12.7. The molecular weight excluding hydrogens is 411 g/mol. The summed E-state index contributed by atoms with van der Waals surface area (Å²) in [4.78, 5) is 8.63. The van der Waals surface area contributed by atoms with Gasteiger partial charge in [0.2, 0.25) is 5.88 Å². The number of hydrogen-bond acceptors (Lipinski definition) is 5. The first kappa shape index (κ1) is 19.7.